The minimum atomic E-state index is -0.387. The van der Waals surface area contributed by atoms with Gasteiger partial charge in [-0.05, 0) is 43.0 Å². The summed E-state index contributed by atoms with van der Waals surface area (Å²) in [6.45, 7) is 3.77. The van der Waals surface area contributed by atoms with Crippen LogP contribution in [0.3, 0.4) is 0 Å². The molecule has 0 bridgehead atoms. The second-order valence-corrected chi connectivity index (χ2v) is 6.49. The van der Waals surface area contributed by atoms with Gasteiger partial charge in [0.1, 0.15) is 5.75 Å². The van der Waals surface area contributed by atoms with Gasteiger partial charge in [0, 0.05) is 24.0 Å². The number of aliphatic hydroxyl groups is 1. The van der Waals surface area contributed by atoms with Crippen LogP contribution in [0, 0.1) is 5.92 Å². The van der Waals surface area contributed by atoms with Crippen molar-refractivity contribution < 1.29 is 14.6 Å². The summed E-state index contributed by atoms with van der Waals surface area (Å²) in [7, 11) is 0. The lowest BCUT2D eigenvalue weighted by Gasteiger charge is -2.34. The van der Waals surface area contributed by atoms with Crippen LogP contribution >= 0.6 is 15.9 Å². The van der Waals surface area contributed by atoms with E-state index < -0.39 is 0 Å². The van der Waals surface area contributed by atoms with E-state index in [2.05, 4.69) is 15.9 Å². The van der Waals surface area contributed by atoms with Crippen molar-refractivity contribution in [2.24, 2.45) is 5.92 Å². The normalized spacial score (nSPS) is 22.1. The molecule has 2 unspecified atom stereocenters. The van der Waals surface area contributed by atoms with Crippen LogP contribution in [0.15, 0.2) is 28.7 Å². The van der Waals surface area contributed by atoms with Crippen LogP contribution in [0.25, 0.3) is 0 Å². The topological polar surface area (TPSA) is 49.8 Å². The molecule has 0 aliphatic carbocycles. The molecule has 1 saturated heterocycles. The smallest absolute Gasteiger partial charge is 0.222 e. The van der Waals surface area contributed by atoms with Crippen molar-refractivity contribution in [1.82, 2.24) is 4.90 Å². The number of nitrogens with zero attached hydrogens (tertiary/aromatic N) is 1. The second kappa shape index (κ2) is 7.80. The van der Waals surface area contributed by atoms with Crippen LogP contribution in [0.2, 0.25) is 0 Å². The summed E-state index contributed by atoms with van der Waals surface area (Å²) in [4.78, 5) is 13.8. The lowest BCUT2D eigenvalue weighted by Crippen LogP contribution is -2.45. The van der Waals surface area contributed by atoms with Crippen molar-refractivity contribution in [3.63, 3.8) is 0 Å². The number of benzene rings is 1. The Labute approximate surface area is 134 Å². The number of hydrogen-bond donors (Lipinski definition) is 1. The van der Waals surface area contributed by atoms with Gasteiger partial charge in [0.2, 0.25) is 5.91 Å². The Bertz CT molecular complexity index is 463. The molecule has 1 aliphatic heterocycles. The highest BCUT2D eigenvalue weighted by atomic mass is 79.9. The number of halogens is 1. The number of ether oxygens (including phenoxy) is 1. The predicted molar refractivity (Wildman–Crippen MR) is 85.2 cm³/mol. The summed E-state index contributed by atoms with van der Waals surface area (Å²) >= 11 is 3.37. The molecule has 1 aliphatic rings. The summed E-state index contributed by atoms with van der Waals surface area (Å²) in [5.41, 5.74) is 0. The number of amides is 1. The summed E-state index contributed by atoms with van der Waals surface area (Å²) < 4.78 is 6.61. The summed E-state index contributed by atoms with van der Waals surface area (Å²) in [6, 6.07) is 7.65. The van der Waals surface area contributed by atoms with E-state index in [0.717, 1.165) is 23.2 Å². The first-order valence-electron chi connectivity index (χ1n) is 7.40. The zero-order valence-corrected chi connectivity index (χ0v) is 13.9. The van der Waals surface area contributed by atoms with Gasteiger partial charge < -0.3 is 14.7 Å². The molecule has 4 nitrogen and oxygen atoms in total. The second-order valence-electron chi connectivity index (χ2n) is 5.58. The molecule has 1 fully saturated rings. The van der Waals surface area contributed by atoms with Gasteiger partial charge in [-0.1, -0.05) is 22.9 Å². The van der Waals surface area contributed by atoms with Crippen molar-refractivity contribution in [1.29, 1.82) is 0 Å². The summed E-state index contributed by atoms with van der Waals surface area (Å²) in [6.07, 6.45) is 1.65. The quantitative estimate of drug-likeness (QED) is 0.826. The van der Waals surface area contributed by atoms with Gasteiger partial charge in [-0.25, -0.2) is 0 Å². The first-order chi connectivity index (χ1) is 10.1. The van der Waals surface area contributed by atoms with Gasteiger partial charge in [-0.2, -0.15) is 0 Å². The fourth-order valence-electron chi connectivity index (χ4n) is 2.38. The number of piperidine rings is 1. The van der Waals surface area contributed by atoms with Gasteiger partial charge in [-0.3, -0.25) is 4.79 Å². The minimum Gasteiger partial charge on any atom is -0.494 e. The first kappa shape index (κ1) is 16.3. The molecule has 2 rings (SSSR count). The Morgan fingerprint density at radius 1 is 1.43 bits per heavy atom. The van der Waals surface area contributed by atoms with Crippen LogP contribution in [0.5, 0.6) is 5.75 Å². The highest BCUT2D eigenvalue weighted by molar-refractivity contribution is 9.10. The number of carbonyl (C=O) groups excluding carboxylic acids is 1. The maximum atomic E-state index is 12.1. The third kappa shape index (κ3) is 5.00. The molecule has 1 amide bonds. The third-order valence-electron chi connectivity index (χ3n) is 3.89. The number of carbonyl (C=O) groups is 1. The van der Waals surface area contributed by atoms with E-state index in [1.165, 1.54) is 0 Å². The maximum Gasteiger partial charge on any atom is 0.222 e. The number of likely N-dealkylation sites (tertiary alicyclic amines) is 1. The molecular weight excluding hydrogens is 334 g/mol. The van der Waals surface area contributed by atoms with Crippen LogP contribution in [-0.4, -0.2) is 41.7 Å². The van der Waals surface area contributed by atoms with Crippen molar-refractivity contribution in [3.05, 3.63) is 28.7 Å². The fraction of sp³-hybridized carbons (Fsp3) is 0.562. The molecule has 0 spiro atoms. The highest BCUT2D eigenvalue weighted by Gasteiger charge is 2.26. The molecule has 5 heteroatoms. The number of aliphatic hydroxyl groups excluding tert-OH is 1. The van der Waals surface area contributed by atoms with E-state index in [-0.39, 0.29) is 17.9 Å². The first-order valence-corrected chi connectivity index (χ1v) is 8.20. The van der Waals surface area contributed by atoms with Crippen molar-refractivity contribution in [2.45, 2.75) is 32.3 Å². The highest BCUT2D eigenvalue weighted by Crippen LogP contribution is 2.18. The Balaban J connectivity index is 1.66. The largest absolute Gasteiger partial charge is 0.494 e. The lowest BCUT2D eigenvalue weighted by atomic mass is 9.96. The Morgan fingerprint density at radius 2 is 2.14 bits per heavy atom. The monoisotopic (exact) mass is 355 g/mol. The van der Waals surface area contributed by atoms with E-state index in [1.54, 1.807) is 4.90 Å². The molecule has 0 radical (unpaired) electrons. The molecule has 1 N–H and O–H groups in total. The summed E-state index contributed by atoms with van der Waals surface area (Å²) in [5, 5.41) is 9.82. The average molecular weight is 356 g/mol. The standard InChI is InChI=1S/C16H22BrNO3/c1-12-8-9-18(11-15(12)19)16(20)3-2-10-21-14-6-4-13(17)5-7-14/h4-7,12,15,19H,2-3,8-11H2,1H3. The molecule has 1 aromatic carbocycles. The van der Waals surface area contributed by atoms with Crippen LogP contribution in [0.1, 0.15) is 26.2 Å². The molecule has 0 aromatic heterocycles. The molecular formula is C16H22BrNO3. The van der Waals surface area contributed by atoms with Crippen LogP contribution < -0.4 is 4.74 Å². The lowest BCUT2D eigenvalue weighted by molar-refractivity contribution is -0.135. The van der Waals surface area contributed by atoms with Gasteiger partial charge in [-0.15, -0.1) is 0 Å². The van der Waals surface area contributed by atoms with Crippen molar-refractivity contribution in [3.8, 4) is 5.75 Å². The van der Waals surface area contributed by atoms with E-state index >= 15 is 0 Å². The molecule has 116 valence electrons. The van der Waals surface area contributed by atoms with Gasteiger partial charge in [0.05, 0.1) is 12.7 Å². The Morgan fingerprint density at radius 3 is 2.81 bits per heavy atom. The van der Waals surface area contributed by atoms with Gasteiger partial charge in [0.25, 0.3) is 0 Å². The SMILES string of the molecule is CC1CCN(C(=O)CCCOc2ccc(Br)cc2)CC1O. The van der Waals surface area contributed by atoms with E-state index in [9.17, 15) is 9.90 Å². The van der Waals surface area contributed by atoms with Crippen molar-refractivity contribution in [2.75, 3.05) is 19.7 Å². The number of β-amino-alcohol motifs (C(OH)–C–C–N with tert-alkyl or cyclic N) is 1. The number of hydrogen-bond acceptors (Lipinski definition) is 3. The fourth-order valence-corrected chi connectivity index (χ4v) is 2.64. The van der Waals surface area contributed by atoms with E-state index in [1.807, 2.05) is 31.2 Å². The molecule has 1 aromatic rings. The third-order valence-corrected chi connectivity index (χ3v) is 4.42. The van der Waals surface area contributed by atoms with Gasteiger partial charge in [0.15, 0.2) is 0 Å². The Kier molecular flexibility index (Phi) is 6.06. The average Bonchev–Trinajstić information content (AvgIpc) is 2.48. The molecule has 2 atom stereocenters. The molecule has 21 heavy (non-hydrogen) atoms. The minimum absolute atomic E-state index is 0.111. The van der Waals surface area contributed by atoms with Crippen LogP contribution in [0.4, 0.5) is 0 Å². The van der Waals surface area contributed by atoms with Crippen LogP contribution in [-0.2, 0) is 4.79 Å². The number of rotatable bonds is 5. The van der Waals surface area contributed by atoms with Crippen molar-refractivity contribution >= 4 is 21.8 Å². The zero-order chi connectivity index (χ0) is 15.2. The zero-order valence-electron chi connectivity index (χ0n) is 12.3. The van der Waals surface area contributed by atoms with E-state index in [4.69, 9.17) is 4.74 Å². The Hall–Kier alpha value is -1.07. The predicted octanol–water partition coefficient (Wildman–Crippen LogP) is 2.84. The van der Waals surface area contributed by atoms with Gasteiger partial charge >= 0.3 is 0 Å². The van der Waals surface area contributed by atoms with E-state index in [0.29, 0.717) is 26.0 Å². The maximum absolute atomic E-state index is 12.1. The molecule has 1 heterocycles. The molecule has 0 saturated carbocycles. The summed E-state index contributed by atoms with van der Waals surface area (Å²) in [5.74, 6) is 1.21.